The van der Waals surface area contributed by atoms with Gasteiger partial charge in [0.2, 0.25) is 5.91 Å². The molecule has 0 saturated heterocycles. The molecule has 1 amide bonds. The van der Waals surface area contributed by atoms with Crippen LogP contribution in [-0.4, -0.2) is 17.9 Å². The average molecular weight is 267 g/mol. The smallest absolute Gasteiger partial charge is 0.249 e. The van der Waals surface area contributed by atoms with Gasteiger partial charge in [-0.1, -0.05) is 30.3 Å². The van der Waals surface area contributed by atoms with Crippen molar-refractivity contribution in [1.82, 2.24) is 4.98 Å². The summed E-state index contributed by atoms with van der Waals surface area (Å²) in [7, 11) is 1.89. The first kappa shape index (κ1) is 13.6. The molecule has 0 unspecified atom stereocenters. The Hall–Kier alpha value is -2.85. The molecule has 1 aromatic carbocycles. The van der Waals surface area contributed by atoms with Crippen molar-refractivity contribution < 1.29 is 4.79 Å². The molecule has 0 N–H and O–H groups in total. The lowest BCUT2D eigenvalue weighted by Gasteiger charge is -2.18. The number of hydrogen-bond donors (Lipinski definition) is 0. The second-order valence-electron chi connectivity index (χ2n) is 4.24. The average Bonchev–Trinajstić information content (AvgIpc) is 2.48. The van der Waals surface area contributed by atoms with Crippen LogP contribution >= 0.6 is 0 Å². The lowest BCUT2D eigenvalue weighted by Crippen LogP contribution is -2.18. The Morgan fingerprint density at radius 3 is 2.80 bits per heavy atom. The van der Waals surface area contributed by atoms with E-state index in [4.69, 9.17) is 5.53 Å². The molecule has 0 radical (unpaired) electrons. The van der Waals surface area contributed by atoms with Crippen LogP contribution in [0.5, 0.6) is 0 Å². The molecule has 6 nitrogen and oxygen atoms in total. The number of carbonyl (C=O) groups excluding carboxylic acids is 1. The monoisotopic (exact) mass is 267 g/mol. The summed E-state index contributed by atoms with van der Waals surface area (Å²) in [5.74, 6) is 0.0390. The lowest BCUT2D eigenvalue weighted by molar-refractivity contribution is 0.100. The number of rotatable bonds is 4. The highest BCUT2D eigenvalue weighted by molar-refractivity contribution is 5.95. The molecule has 2 aromatic rings. The van der Waals surface area contributed by atoms with Gasteiger partial charge in [0.25, 0.3) is 0 Å². The number of azide groups is 1. The first-order valence-electron chi connectivity index (χ1n) is 6.01. The number of benzene rings is 1. The Morgan fingerprint density at radius 1 is 1.35 bits per heavy atom. The van der Waals surface area contributed by atoms with Gasteiger partial charge in [-0.25, -0.2) is 4.98 Å². The molecule has 0 aliphatic carbocycles. The second kappa shape index (κ2) is 6.36. The molecule has 1 heterocycles. The van der Waals surface area contributed by atoms with E-state index in [0.29, 0.717) is 17.9 Å². The molecule has 6 heteroatoms. The van der Waals surface area contributed by atoms with E-state index in [9.17, 15) is 4.79 Å². The maximum Gasteiger partial charge on any atom is 0.249 e. The van der Waals surface area contributed by atoms with E-state index in [2.05, 4.69) is 15.0 Å². The summed E-state index contributed by atoms with van der Waals surface area (Å²) in [5.41, 5.74) is 9.75. The van der Waals surface area contributed by atoms with Gasteiger partial charge >= 0.3 is 0 Å². The van der Waals surface area contributed by atoms with E-state index >= 15 is 0 Å². The van der Waals surface area contributed by atoms with Crippen molar-refractivity contribution in [3.05, 3.63) is 70.2 Å². The van der Waals surface area contributed by atoms with Gasteiger partial charge in [0, 0.05) is 30.3 Å². The predicted molar refractivity (Wildman–Crippen MR) is 76.3 cm³/mol. The van der Waals surface area contributed by atoms with Gasteiger partial charge in [-0.15, -0.1) is 0 Å². The Morgan fingerprint density at radius 2 is 2.10 bits per heavy atom. The fourth-order valence-electron chi connectivity index (χ4n) is 1.80. The van der Waals surface area contributed by atoms with Crippen LogP contribution in [-0.2, 0) is 6.54 Å². The third kappa shape index (κ3) is 3.34. The Bertz CT molecular complexity index is 650. The Balaban J connectivity index is 2.18. The molecule has 100 valence electrons. The van der Waals surface area contributed by atoms with Gasteiger partial charge < -0.3 is 4.90 Å². The van der Waals surface area contributed by atoms with E-state index in [0.717, 1.165) is 5.56 Å². The third-order valence-electron chi connectivity index (χ3n) is 2.78. The van der Waals surface area contributed by atoms with E-state index in [1.165, 1.54) is 12.3 Å². The van der Waals surface area contributed by atoms with Gasteiger partial charge in [0.15, 0.2) is 0 Å². The third-order valence-corrected chi connectivity index (χ3v) is 2.78. The number of carbonyl (C=O) groups is 1. The molecule has 20 heavy (non-hydrogen) atoms. The summed E-state index contributed by atoms with van der Waals surface area (Å²) in [6.07, 6.45) is 1.52. The molecule has 2 rings (SSSR count). The number of aromatic nitrogens is 1. The predicted octanol–water partition coefficient (Wildman–Crippen LogP) is 3.17. The largest absolute Gasteiger partial charge is 0.355 e. The van der Waals surface area contributed by atoms with Crippen LogP contribution in [0, 0.1) is 0 Å². The quantitative estimate of drug-likeness (QED) is 0.484. The van der Waals surface area contributed by atoms with E-state index in [-0.39, 0.29) is 0 Å². The van der Waals surface area contributed by atoms with Crippen molar-refractivity contribution >= 4 is 11.7 Å². The molecule has 1 aromatic heterocycles. The molecule has 0 atom stereocenters. The molecule has 0 saturated carbocycles. The summed E-state index contributed by atoms with van der Waals surface area (Å²) in [6, 6.07) is 13.1. The molecular formula is C14H13N5O. The van der Waals surface area contributed by atoms with Crippen LogP contribution in [0.25, 0.3) is 10.4 Å². The SMILES string of the molecule is CN(Cc1ccccc1)c1cc(C(=O)N=[N+]=[N-])ccn1. The second-order valence-corrected chi connectivity index (χ2v) is 4.24. The number of hydrogen-bond acceptors (Lipinski definition) is 3. The maximum atomic E-state index is 11.5. The number of pyridine rings is 1. The minimum atomic E-state index is -0.607. The van der Waals surface area contributed by atoms with E-state index < -0.39 is 5.91 Å². The van der Waals surface area contributed by atoms with Crippen LogP contribution < -0.4 is 4.90 Å². The van der Waals surface area contributed by atoms with Gasteiger partial charge in [-0.2, -0.15) is 0 Å². The zero-order chi connectivity index (χ0) is 14.4. The molecule has 0 aliphatic heterocycles. The van der Waals surface area contributed by atoms with Gasteiger partial charge in [-0.05, 0) is 28.3 Å². The summed E-state index contributed by atoms with van der Waals surface area (Å²) in [6.45, 7) is 0.674. The normalized spacial score (nSPS) is 9.65. The van der Waals surface area contributed by atoms with E-state index in [1.807, 2.05) is 42.3 Å². The Kier molecular flexibility index (Phi) is 4.32. The summed E-state index contributed by atoms with van der Waals surface area (Å²) in [4.78, 5) is 20.1. The van der Waals surface area contributed by atoms with Crippen LogP contribution in [0.4, 0.5) is 5.82 Å². The summed E-state index contributed by atoms with van der Waals surface area (Å²) >= 11 is 0. The van der Waals surface area contributed by atoms with Crippen LogP contribution in [0.1, 0.15) is 15.9 Å². The van der Waals surface area contributed by atoms with Gasteiger partial charge in [0.1, 0.15) is 5.82 Å². The van der Waals surface area contributed by atoms with E-state index in [1.54, 1.807) is 6.07 Å². The van der Waals surface area contributed by atoms with Crippen molar-refractivity contribution in [1.29, 1.82) is 0 Å². The van der Waals surface area contributed by atoms with Crippen molar-refractivity contribution in [3.63, 3.8) is 0 Å². The van der Waals surface area contributed by atoms with Crippen LogP contribution in [0.3, 0.4) is 0 Å². The highest BCUT2D eigenvalue weighted by Crippen LogP contribution is 2.15. The fraction of sp³-hybridized carbons (Fsp3) is 0.143. The zero-order valence-corrected chi connectivity index (χ0v) is 11.0. The van der Waals surface area contributed by atoms with Crippen LogP contribution in [0.15, 0.2) is 53.8 Å². The molecule has 0 bridgehead atoms. The molecule has 0 fully saturated rings. The number of amides is 1. The molecular weight excluding hydrogens is 254 g/mol. The topological polar surface area (TPSA) is 82.0 Å². The van der Waals surface area contributed by atoms with Gasteiger partial charge in [0.05, 0.1) is 0 Å². The van der Waals surface area contributed by atoms with Crippen molar-refractivity contribution in [2.24, 2.45) is 5.11 Å². The minimum absolute atomic E-state index is 0.327. The first-order valence-corrected chi connectivity index (χ1v) is 6.01. The van der Waals surface area contributed by atoms with Gasteiger partial charge in [-0.3, -0.25) is 4.79 Å². The number of nitrogens with zero attached hydrogens (tertiary/aromatic N) is 5. The van der Waals surface area contributed by atoms with Crippen molar-refractivity contribution in [3.8, 4) is 0 Å². The standard InChI is InChI=1S/C14H13N5O/c1-19(10-11-5-3-2-4-6-11)13-9-12(7-8-16-13)14(20)17-18-15/h2-9H,10H2,1H3. The fourth-order valence-corrected chi connectivity index (χ4v) is 1.80. The Labute approximate surface area is 116 Å². The molecule has 0 spiro atoms. The van der Waals surface area contributed by atoms with Crippen molar-refractivity contribution in [2.45, 2.75) is 6.54 Å². The minimum Gasteiger partial charge on any atom is -0.355 e. The summed E-state index contributed by atoms with van der Waals surface area (Å²) < 4.78 is 0. The zero-order valence-electron chi connectivity index (χ0n) is 11.0. The van der Waals surface area contributed by atoms with Crippen LogP contribution in [0.2, 0.25) is 0 Å². The molecule has 0 aliphatic rings. The number of anilines is 1. The first-order chi connectivity index (χ1) is 9.70. The highest BCUT2D eigenvalue weighted by atomic mass is 16.1. The van der Waals surface area contributed by atoms with Crippen molar-refractivity contribution in [2.75, 3.05) is 11.9 Å². The highest BCUT2D eigenvalue weighted by Gasteiger charge is 2.08. The summed E-state index contributed by atoms with van der Waals surface area (Å²) in [5, 5.41) is 3.07. The lowest BCUT2D eigenvalue weighted by atomic mass is 10.2. The maximum absolute atomic E-state index is 11.5.